The van der Waals surface area contributed by atoms with Gasteiger partial charge in [-0.15, -0.1) is 0 Å². The largest absolute Gasteiger partial charge is 0.353 e. The van der Waals surface area contributed by atoms with Gasteiger partial charge >= 0.3 is 0 Å². The van der Waals surface area contributed by atoms with E-state index in [1.165, 1.54) is 12.1 Å². The monoisotopic (exact) mass is 413 g/mol. The van der Waals surface area contributed by atoms with E-state index in [2.05, 4.69) is 9.88 Å². The van der Waals surface area contributed by atoms with Gasteiger partial charge in [0.1, 0.15) is 5.82 Å². The van der Waals surface area contributed by atoms with Crippen molar-refractivity contribution in [2.75, 3.05) is 37.3 Å². The average molecular weight is 414 g/mol. The molecule has 138 valence electrons. The Hall–Kier alpha value is -1.83. The molecule has 0 radical (unpaired) electrons. The topological polar surface area (TPSA) is 70.6 Å². The van der Waals surface area contributed by atoms with Gasteiger partial charge in [0.2, 0.25) is 0 Å². The minimum atomic E-state index is -3.50. The second kappa shape index (κ2) is 7.42. The molecule has 0 N–H and O–H groups in total. The number of hydrogen-bond acceptors (Lipinski definition) is 5. The van der Waals surface area contributed by atoms with Gasteiger partial charge in [-0.25, -0.2) is 13.4 Å². The van der Waals surface area contributed by atoms with Crippen LogP contribution in [0, 0.1) is 0 Å². The average Bonchev–Trinajstić information content (AvgIpc) is 2.61. The maximum atomic E-state index is 12.7. The van der Waals surface area contributed by atoms with Crippen LogP contribution in [0.1, 0.15) is 10.4 Å². The molecule has 1 saturated heterocycles. The van der Waals surface area contributed by atoms with E-state index < -0.39 is 9.84 Å². The third-order valence-electron chi connectivity index (χ3n) is 4.18. The maximum Gasteiger partial charge on any atom is 0.254 e. The lowest BCUT2D eigenvalue weighted by Gasteiger charge is -2.35. The molecule has 0 unspecified atom stereocenters. The van der Waals surface area contributed by atoms with Gasteiger partial charge in [-0.2, -0.15) is 0 Å². The first kappa shape index (κ1) is 18.9. The number of rotatable bonds is 3. The van der Waals surface area contributed by atoms with Gasteiger partial charge in [-0.1, -0.05) is 23.2 Å². The minimum absolute atomic E-state index is 0.0333. The van der Waals surface area contributed by atoms with Gasteiger partial charge in [0, 0.05) is 44.2 Å². The summed E-state index contributed by atoms with van der Waals surface area (Å²) in [6.07, 6.45) is 2.66. The summed E-state index contributed by atoms with van der Waals surface area (Å²) in [5.41, 5.74) is 0.313. The minimum Gasteiger partial charge on any atom is -0.353 e. The number of aromatic nitrogens is 1. The third-order valence-corrected chi connectivity index (χ3v) is 5.98. The van der Waals surface area contributed by atoms with Crippen LogP contribution in [0.5, 0.6) is 0 Å². The molecule has 0 bridgehead atoms. The number of nitrogens with zero attached hydrogens (tertiary/aromatic N) is 3. The van der Waals surface area contributed by atoms with Crippen molar-refractivity contribution in [3.05, 3.63) is 52.1 Å². The zero-order valence-electron chi connectivity index (χ0n) is 14.0. The van der Waals surface area contributed by atoms with Crippen molar-refractivity contribution in [2.45, 2.75) is 4.90 Å². The summed E-state index contributed by atoms with van der Waals surface area (Å²) in [6.45, 7) is 2.29. The molecule has 1 aromatic heterocycles. The molecular formula is C17H17Cl2N3O3S. The summed E-state index contributed by atoms with van der Waals surface area (Å²) >= 11 is 11.8. The van der Waals surface area contributed by atoms with Crippen molar-refractivity contribution in [3.8, 4) is 0 Å². The van der Waals surface area contributed by atoms with Gasteiger partial charge in [0.15, 0.2) is 9.84 Å². The number of hydrogen-bond donors (Lipinski definition) is 0. The van der Waals surface area contributed by atoms with E-state index in [4.69, 9.17) is 23.2 Å². The van der Waals surface area contributed by atoms with Crippen LogP contribution in [-0.2, 0) is 9.84 Å². The highest BCUT2D eigenvalue weighted by Crippen LogP contribution is 2.24. The highest BCUT2D eigenvalue weighted by Gasteiger charge is 2.24. The SMILES string of the molecule is CS(=O)(=O)c1cc(C(=O)N2CCN(c3ccc(Cl)cn3)CC2)ccc1Cl. The lowest BCUT2D eigenvalue weighted by atomic mass is 10.2. The van der Waals surface area contributed by atoms with Crippen molar-refractivity contribution in [3.63, 3.8) is 0 Å². The molecule has 0 saturated carbocycles. The Bertz CT molecular complexity index is 925. The molecule has 6 nitrogen and oxygen atoms in total. The summed E-state index contributed by atoms with van der Waals surface area (Å²) in [6, 6.07) is 7.96. The molecule has 1 amide bonds. The third kappa shape index (κ3) is 4.11. The molecule has 1 fully saturated rings. The molecule has 0 atom stereocenters. The predicted molar refractivity (Wildman–Crippen MR) is 102 cm³/mol. The fourth-order valence-corrected chi connectivity index (χ4v) is 4.21. The quantitative estimate of drug-likeness (QED) is 0.773. The van der Waals surface area contributed by atoms with Crippen LogP contribution < -0.4 is 4.90 Å². The normalized spacial score (nSPS) is 15.2. The number of carbonyl (C=O) groups excluding carboxylic acids is 1. The fraction of sp³-hybridized carbons (Fsp3) is 0.294. The van der Waals surface area contributed by atoms with Gasteiger partial charge in [0.25, 0.3) is 5.91 Å². The van der Waals surface area contributed by atoms with Crippen LogP contribution in [0.4, 0.5) is 5.82 Å². The van der Waals surface area contributed by atoms with Gasteiger partial charge in [-0.05, 0) is 30.3 Å². The smallest absolute Gasteiger partial charge is 0.254 e. The number of anilines is 1. The number of halogens is 2. The highest BCUT2D eigenvalue weighted by molar-refractivity contribution is 7.90. The van der Waals surface area contributed by atoms with Gasteiger partial charge < -0.3 is 9.80 Å². The Morgan fingerprint density at radius 2 is 1.77 bits per heavy atom. The van der Waals surface area contributed by atoms with Gasteiger partial charge in [-0.3, -0.25) is 4.79 Å². The molecule has 2 aromatic rings. The van der Waals surface area contributed by atoms with E-state index in [0.717, 1.165) is 12.1 Å². The summed E-state index contributed by atoms with van der Waals surface area (Å²) in [4.78, 5) is 20.7. The van der Waals surface area contributed by atoms with E-state index in [1.54, 1.807) is 23.2 Å². The zero-order chi connectivity index (χ0) is 18.9. The first-order chi connectivity index (χ1) is 12.3. The Kier molecular flexibility index (Phi) is 5.41. The lowest BCUT2D eigenvalue weighted by Crippen LogP contribution is -2.49. The molecule has 0 aliphatic carbocycles. The van der Waals surface area contributed by atoms with E-state index in [9.17, 15) is 13.2 Å². The first-order valence-electron chi connectivity index (χ1n) is 7.91. The van der Waals surface area contributed by atoms with E-state index in [-0.39, 0.29) is 15.8 Å². The van der Waals surface area contributed by atoms with Crippen molar-refractivity contribution in [2.24, 2.45) is 0 Å². The van der Waals surface area contributed by atoms with Crippen LogP contribution >= 0.6 is 23.2 Å². The number of pyridine rings is 1. The van der Waals surface area contributed by atoms with Crippen molar-refractivity contribution >= 4 is 44.8 Å². The Balaban J connectivity index is 1.72. The van der Waals surface area contributed by atoms with Crippen molar-refractivity contribution in [1.29, 1.82) is 0 Å². The predicted octanol–water partition coefficient (Wildman–Crippen LogP) is 2.75. The lowest BCUT2D eigenvalue weighted by molar-refractivity contribution is 0.0746. The van der Waals surface area contributed by atoms with Crippen LogP contribution in [0.25, 0.3) is 0 Å². The Morgan fingerprint density at radius 1 is 1.08 bits per heavy atom. The number of piperazine rings is 1. The van der Waals surface area contributed by atoms with Crippen molar-refractivity contribution < 1.29 is 13.2 Å². The molecule has 26 heavy (non-hydrogen) atoms. The summed E-state index contributed by atoms with van der Waals surface area (Å²) in [5, 5.41) is 0.690. The molecule has 1 aromatic carbocycles. The molecule has 1 aliphatic heterocycles. The number of carbonyl (C=O) groups is 1. The van der Waals surface area contributed by atoms with E-state index in [1.807, 2.05) is 6.07 Å². The van der Waals surface area contributed by atoms with Crippen LogP contribution in [0.3, 0.4) is 0 Å². The second-order valence-corrected chi connectivity index (χ2v) is 8.86. The molecule has 1 aliphatic rings. The summed E-state index contributed by atoms with van der Waals surface area (Å²) in [7, 11) is -3.50. The van der Waals surface area contributed by atoms with Crippen molar-refractivity contribution in [1.82, 2.24) is 9.88 Å². The highest BCUT2D eigenvalue weighted by atomic mass is 35.5. The number of sulfone groups is 1. The Labute approximate surface area is 162 Å². The number of benzene rings is 1. The summed E-state index contributed by atoms with van der Waals surface area (Å²) < 4.78 is 23.6. The molecule has 2 heterocycles. The van der Waals surface area contributed by atoms with Crippen LogP contribution in [-0.4, -0.2) is 56.6 Å². The molecule has 3 rings (SSSR count). The van der Waals surface area contributed by atoms with E-state index >= 15 is 0 Å². The first-order valence-corrected chi connectivity index (χ1v) is 10.6. The van der Waals surface area contributed by atoms with Gasteiger partial charge in [0.05, 0.1) is 14.9 Å². The molecule has 0 spiro atoms. The van der Waals surface area contributed by atoms with Crippen LogP contribution in [0.15, 0.2) is 41.4 Å². The summed E-state index contributed by atoms with van der Waals surface area (Å²) in [5.74, 6) is 0.600. The molecule has 9 heteroatoms. The zero-order valence-corrected chi connectivity index (χ0v) is 16.4. The fourth-order valence-electron chi connectivity index (χ4n) is 2.80. The Morgan fingerprint density at radius 3 is 2.35 bits per heavy atom. The second-order valence-electron chi connectivity index (χ2n) is 6.03. The molecular weight excluding hydrogens is 397 g/mol. The standard InChI is InChI=1S/C17H17Cl2N3O3S/c1-26(24,25)15-10-12(2-4-14(15)19)17(23)22-8-6-21(7-9-22)16-5-3-13(18)11-20-16/h2-5,10-11H,6-9H2,1H3. The van der Waals surface area contributed by atoms with Crippen LogP contribution in [0.2, 0.25) is 10.0 Å². The van der Waals surface area contributed by atoms with E-state index in [0.29, 0.717) is 36.8 Å². The number of amides is 1. The maximum absolute atomic E-state index is 12.7.